The number of hydrogen-bond donors (Lipinski definition) is 2. The molecule has 0 amide bonds. The third-order valence-electron chi connectivity index (χ3n) is 2.91. The molecule has 0 atom stereocenters. The van der Waals surface area contributed by atoms with Gasteiger partial charge in [-0.1, -0.05) is 32.0 Å². The van der Waals surface area contributed by atoms with Crippen LogP contribution in [-0.4, -0.2) is 18.3 Å². The van der Waals surface area contributed by atoms with Crippen molar-refractivity contribution in [2.24, 2.45) is 5.41 Å². The molecule has 0 saturated heterocycles. The first-order chi connectivity index (χ1) is 8.12. The van der Waals surface area contributed by atoms with Crippen LogP contribution in [0.3, 0.4) is 0 Å². The molecule has 0 unspecified atom stereocenters. The van der Waals surface area contributed by atoms with Gasteiger partial charge in [-0.3, -0.25) is 0 Å². The Balaban J connectivity index is 2.00. The van der Waals surface area contributed by atoms with Crippen molar-refractivity contribution < 1.29 is 5.11 Å². The second-order valence-corrected chi connectivity index (χ2v) is 6.09. The van der Waals surface area contributed by atoms with E-state index in [4.69, 9.17) is 0 Å². The molecule has 2 nitrogen and oxygen atoms in total. The van der Waals surface area contributed by atoms with E-state index in [0.29, 0.717) is 0 Å². The van der Waals surface area contributed by atoms with E-state index >= 15 is 0 Å². The molecule has 92 valence electrons. The minimum Gasteiger partial charge on any atom is -0.396 e. The number of rotatable bonds is 5. The molecule has 17 heavy (non-hydrogen) atoms. The maximum absolute atomic E-state index is 9.19. The van der Waals surface area contributed by atoms with Crippen molar-refractivity contribution in [2.75, 3.05) is 13.2 Å². The topological polar surface area (TPSA) is 32.3 Å². The molecule has 0 fully saturated rings. The van der Waals surface area contributed by atoms with Crippen molar-refractivity contribution in [3.8, 4) is 0 Å². The van der Waals surface area contributed by atoms with Gasteiger partial charge in [0, 0.05) is 29.8 Å². The van der Waals surface area contributed by atoms with Gasteiger partial charge in [0.25, 0.3) is 0 Å². The van der Waals surface area contributed by atoms with Gasteiger partial charge in [-0.15, -0.1) is 11.3 Å². The lowest BCUT2D eigenvalue weighted by atomic mass is 9.95. The molecule has 0 aliphatic carbocycles. The molecular formula is C14H19NOS. The molecule has 1 aromatic carbocycles. The van der Waals surface area contributed by atoms with Crippen LogP contribution in [0.5, 0.6) is 0 Å². The lowest BCUT2D eigenvalue weighted by Gasteiger charge is -2.21. The number of hydrogen-bond acceptors (Lipinski definition) is 3. The van der Waals surface area contributed by atoms with Gasteiger partial charge < -0.3 is 10.4 Å². The fourth-order valence-corrected chi connectivity index (χ4v) is 2.72. The molecular weight excluding hydrogens is 230 g/mol. The third-order valence-corrected chi connectivity index (χ3v) is 3.92. The number of nitrogens with one attached hydrogen (secondary N) is 1. The molecule has 3 heteroatoms. The number of thiophene rings is 1. The Bertz CT molecular complexity index is 490. The van der Waals surface area contributed by atoms with Crippen LogP contribution in [0.2, 0.25) is 0 Å². The maximum atomic E-state index is 9.19. The quantitative estimate of drug-likeness (QED) is 0.853. The van der Waals surface area contributed by atoms with Gasteiger partial charge in [0.2, 0.25) is 0 Å². The lowest BCUT2D eigenvalue weighted by molar-refractivity contribution is 0.157. The highest BCUT2D eigenvalue weighted by atomic mass is 32.1. The smallest absolute Gasteiger partial charge is 0.0494 e. The van der Waals surface area contributed by atoms with Crippen LogP contribution in [0.1, 0.15) is 19.4 Å². The molecule has 2 N–H and O–H groups in total. The first-order valence-electron chi connectivity index (χ1n) is 5.89. The van der Waals surface area contributed by atoms with Crippen molar-refractivity contribution in [2.45, 2.75) is 20.4 Å². The fourth-order valence-electron chi connectivity index (χ4n) is 1.76. The highest BCUT2D eigenvalue weighted by molar-refractivity contribution is 7.17. The van der Waals surface area contributed by atoms with Crippen LogP contribution in [0.25, 0.3) is 10.1 Å². The summed E-state index contributed by atoms with van der Waals surface area (Å²) in [7, 11) is 0. The van der Waals surface area contributed by atoms with E-state index in [2.05, 4.69) is 48.8 Å². The SMILES string of the molecule is CC(C)(CO)CNCc1csc2ccccc12. The van der Waals surface area contributed by atoms with Crippen LogP contribution in [0, 0.1) is 5.41 Å². The third kappa shape index (κ3) is 3.06. The zero-order chi connectivity index (χ0) is 12.3. The first-order valence-corrected chi connectivity index (χ1v) is 6.77. The average molecular weight is 249 g/mol. The summed E-state index contributed by atoms with van der Waals surface area (Å²) in [6, 6.07) is 8.47. The highest BCUT2D eigenvalue weighted by Crippen LogP contribution is 2.25. The van der Waals surface area contributed by atoms with Crippen LogP contribution in [-0.2, 0) is 6.54 Å². The molecule has 0 radical (unpaired) electrons. The molecule has 0 aliphatic rings. The van der Waals surface area contributed by atoms with Gasteiger partial charge in [-0.05, 0) is 22.4 Å². The molecule has 1 aromatic heterocycles. The summed E-state index contributed by atoms with van der Waals surface area (Å²) in [6.07, 6.45) is 0. The van der Waals surface area contributed by atoms with Crippen LogP contribution in [0.4, 0.5) is 0 Å². The van der Waals surface area contributed by atoms with E-state index in [1.165, 1.54) is 15.6 Å². The largest absolute Gasteiger partial charge is 0.396 e. The molecule has 2 rings (SSSR count). The molecule has 0 spiro atoms. The van der Waals surface area contributed by atoms with Crippen LogP contribution >= 0.6 is 11.3 Å². The Morgan fingerprint density at radius 2 is 2.06 bits per heavy atom. The second-order valence-electron chi connectivity index (χ2n) is 5.18. The minimum atomic E-state index is -0.0498. The van der Waals surface area contributed by atoms with Gasteiger partial charge in [-0.2, -0.15) is 0 Å². The Hall–Kier alpha value is -0.900. The molecule has 1 heterocycles. The van der Waals surface area contributed by atoms with E-state index < -0.39 is 0 Å². The molecule has 0 saturated carbocycles. The molecule has 0 aliphatic heterocycles. The van der Waals surface area contributed by atoms with E-state index in [0.717, 1.165) is 13.1 Å². The maximum Gasteiger partial charge on any atom is 0.0494 e. The van der Waals surface area contributed by atoms with E-state index in [-0.39, 0.29) is 12.0 Å². The Kier molecular flexibility index (Phi) is 3.82. The zero-order valence-electron chi connectivity index (χ0n) is 10.4. The summed E-state index contributed by atoms with van der Waals surface area (Å²) < 4.78 is 1.34. The van der Waals surface area contributed by atoms with Gasteiger partial charge in [0.15, 0.2) is 0 Å². The van der Waals surface area contributed by atoms with Gasteiger partial charge in [-0.25, -0.2) is 0 Å². The van der Waals surface area contributed by atoms with Crippen molar-refractivity contribution in [3.63, 3.8) is 0 Å². The monoisotopic (exact) mass is 249 g/mol. The normalized spacial score (nSPS) is 12.2. The van der Waals surface area contributed by atoms with Gasteiger partial charge in [0.05, 0.1) is 0 Å². The van der Waals surface area contributed by atoms with E-state index in [1.807, 2.05) is 0 Å². The number of aliphatic hydroxyl groups is 1. The second kappa shape index (κ2) is 5.17. The predicted octanol–water partition coefficient (Wildman–Crippen LogP) is 3.01. The van der Waals surface area contributed by atoms with Gasteiger partial charge in [0.1, 0.15) is 0 Å². The Morgan fingerprint density at radius 1 is 1.29 bits per heavy atom. The molecule has 0 bridgehead atoms. The standard InChI is InChI=1S/C14H19NOS/c1-14(2,10-16)9-15-7-11-8-17-13-6-4-3-5-12(11)13/h3-6,8,15-16H,7,9-10H2,1-2H3. The van der Waals surface area contributed by atoms with Gasteiger partial charge >= 0.3 is 0 Å². The number of benzene rings is 1. The zero-order valence-corrected chi connectivity index (χ0v) is 11.2. The summed E-state index contributed by atoms with van der Waals surface area (Å²) in [5.74, 6) is 0. The van der Waals surface area contributed by atoms with Crippen LogP contribution in [0.15, 0.2) is 29.6 Å². The average Bonchev–Trinajstić information content (AvgIpc) is 2.73. The van der Waals surface area contributed by atoms with Crippen molar-refractivity contribution in [1.82, 2.24) is 5.32 Å². The van der Waals surface area contributed by atoms with Crippen LogP contribution < -0.4 is 5.32 Å². The molecule has 2 aromatic rings. The lowest BCUT2D eigenvalue weighted by Crippen LogP contribution is -2.31. The minimum absolute atomic E-state index is 0.0498. The van der Waals surface area contributed by atoms with Crippen molar-refractivity contribution in [3.05, 3.63) is 35.2 Å². The Labute approximate surface area is 106 Å². The fraction of sp³-hybridized carbons (Fsp3) is 0.429. The summed E-state index contributed by atoms with van der Waals surface area (Å²) in [5.41, 5.74) is 1.30. The Morgan fingerprint density at radius 3 is 2.82 bits per heavy atom. The summed E-state index contributed by atoms with van der Waals surface area (Å²) in [4.78, 5) is 0. The van der Waals surface area contributed by atoms with E-state index in [9.17, 15) is 5.11 Å². The number of aliphatic hydroxyl groups excluding tert-OH is 1. The first kappa shape index (κ1) is 12.6. The highest BCUT2D eigenvalue weighted by Gasteiger charge is 2.15. The summed E-state index contributed by atoms with van der Waals surface area (Å²) in [5, 5.41) is 16.2. The number of fused-ring (bicyclic) bond motifs is 1. The summed E-state index contributed by atoms with van der Waals surface area (Å²) >= 11 is 1.79. The van der Waals surface area contributed by atoms with Crippen molar-refractivity contribution >= 4 is 21.4 Å². The predicted molar refractivity (Wildman–Crippen MR) is 74.4 cm³/mol. The van der Waals surface area contributed by atoms with Crippen molar-refractivity contribution in [1.29, 1.82) is 0 Å². The van der Waals surface area contributed by atoms with E-state index in [1.54, 1.807) is 11.3 Å². The summed E-state index contributed by atoms with van der Waals surface area (Å²) in [6.45, 7) is 6.03.